The Morgan fingerprint density at radius 1 is 0.544 bits per heavy atom. The molecule has 8 unspecified atom stereocenters. The number of hydrogen-bond donors (Lipinski definition) is 2. The van der Waals surface area contributed by atoms with E-state index in [2.05, 4.69) is 27.4 Å². The van der Waals surface area contributed by atoms with Gasteiger partial charge in [0.1, 0.15) is 17.2 Å². The summed E-state index contributed by atoms with van der Waals surface area (Å²) in [4.78, 5) is 44.8. The maximum absolute atomic E-state index is 11.3. The van der Waals surface area contributed by atoms with E-state index in [1.807, 2.05) is 0 Å². The lowest BCUT2D eigenvalue weighted by atomic mass is 9.58. The first-order valence-electron chi connectivity index (χ1n) is 25.5. The minimum atomic E-state index is -0.821. The molecule has 10 aliphatic carbocycles. The second kappa shape index (κ2) is 20.5. The zero-order valence-electron chi connectivity index (χ0n) is 38.8. The molecule has 10 saturated carbocycles. The molecule has 16 bridgehead atoms. The van der Waals surface area contributed by atoms with E-state index in [9.17, 15) is 29.4 Å². The van der Waals surface area contributed by atoms with Crippen LogP contribution in [0.2, 0.25) is 0 Å². The van der Waals surface area contributed by atoms with Gasteiger partial charge < -0.3 is 34.0 Å². The number of Topliss-reactive ketones (excluding diaryl/α,β-unsaturated/α-hetero) is 2. The van der Waals surface area contributed by atoms with Gasteiger partial charge in [0.2, 0.25) is 0 Å². The van der Waals surface area contributed by atoms with Gasteiger partial charge in [0, 0.05) is 25.7 Å². The minimum absolute atomic E-state index is 0. The summed E-state index contributed by atoms with van der Waals surface area (Å²) in [6, 6.07) is 0. The van der Waals surface area contributed by atoms with E-state index in [1.165, 1.54) is 63.4 Å². The van der Waals surface area contributed by atoms with Gasteiger partial charge in [-0.2, -0.15) is 0 Å². The van der Waals surface area contributed by atoms with Crippen LogP contribution in [0.15, 0.2) is 12.2 Å². The summed E-state index contributed by atoms with van der Waals surface area (Å²) in [5.74, 6) is 7.24. The lowest BCUT2D eigenvalue weighted by molar-refractivity contribution is -0.277. The van der Waals surface area contributed by atoms with Crippen LogP contribution in [0.4, 0.5) is 0 Å². The number of allylic oxidation sites excluding steroid dienone is 1. The summed E-state index contributed by atoms with van der Waals surface area (Å²) in [5.41, 5.74) is 0.296. The second-order valence-corrected chi connectivity index (χ2v) is 25.7. The van der Waals surface area contributed by atoms with Crippen molar-refractivity contribution in [1.82, 2.24) is 0 Å². The van der Waals surface area contributed by atoms with E-state index in [-0.39, 0.29) is 77.3 Å². The molecule has 17 rings (SSSR count). The van der Waals surface area contributed by atoms with Gasteiger partial charge in [-0.05, 0) is 215 Å². The van der Waals surface area contributed by atoms with Crippen molar-refractivity contribution in [3.05, 3.63) is 12.2 Å². The Kier molecular flexibility index (Phi) is 17.2. The molecule has 0 amide bonds. The molecule has 17 fully saturated rings. The van der Waals surface area contributed by atoms with E-state index in [1.54, 1.807) is 0 Å². The number of aliphatic hydroxyl groups is 1. The Labute approximate surface area is 413 Å². The number of ether oxygens (including phenoxy) is 4. The molecule has 0 aromatic carbocycles. The molecule has 0 aromatic rings. The minimum Gasteiger partial charge on any atom is -0.479 e. The zero-order chi connectivity index (χ0) is 44.2. The number of aliphatic carboxylic acids is 1. The number of aldehydes is 1. The monoisotopic (exact) mass is 955 g/mol. The Morgan fingerprint density at radius 2 is 0.912 bits per heavy atom. The predicted octanol–water partition coefficient (Wildman–Crippen LogP) is 12.5. The van der Waals surface area contributed by atoms with Crippen LogP contribution >= 0.6 is 0 Å². The SMILES string of the molecule is C.C.C.C.C.C=C1C[C@@H]2CC(=O)C[C@H](C1)C2.CC12CC3CC(C1)CC(C(=O)O)(C3)O2.CC12CC3CC(C1)CC(C=O)(C3)O2.CC12CC3CC(C1)CC(CO)(C3)O2.O=C1CC2CC(C1)CC1(CO1)C2. The van der Waals surface area contributed by atoms with Crippen molar-refractivity contribution < 1.29 is 48.3 Å². The van der Waals surface area contributed by atoms with Crippen LogP contribution in [0.1, 0.15) is 218 Å². The fourth-order valence-corrected chi connectivity index (χ4v) is 18.2. The van der Waals surface area contributed by atoms with Gasteiger partial charge in [-0.3, -0.25) is 9.59 Å². The molecule has 10 nitrogen and oxygen atoms in total. The van der Waals surface area contributed by atoms with Crippen LogP contribution < -0.4 is 0 Å². The highest BCUT2D eigenvalue weighted by Crippen LogP contribution is 2.60. The standard InChI is InChI=1S/C11H16O3.C11H18O2.C11H16O2.C10H14O2.C10H14O.5CH4/c1-10-3-7-2-8(4-10)6-11(5-7,14-10)9(12)13;2*1-10-3-8-2-9(4-10)6-11(5-8,7-12)13-10;11-9-2-7-1-8(3-9)5-10(4-7)6-12-10;1-7-2-8-4-9(3-7)6-10(11)5-8;;;;;/h7-8H,2-6H2,1H3,(H,12,13);8-9,12H,2-7H2,1H3;7-9H,2-6H2,1H3;7-8H,1-6H2;8-9H,1-6H2;5*1H4/t;;;;8-,9+;;;;;. The van der Waals surface area contributed by atoms with Crippen molar-refractivity contribution in [3.8, 4) is 0 Å². The van der Waals surface area contributed by atoms with Crippen molar-refractivity contribution in [2.45, 2.75) is 258 Å². The number of carboxylic acids is 1. The van der Waals surface area contributed by atoms with Crippen LogP contribution in [0.3, 0.4) is 0 Å². The van der Waals surface area contributed by atoms with Crippen LogP contribution in [0, 0.1) is 59.2 Å². The van der Waals surface area contributed by atoms with E-state index in [4.69, 9.17) is 18.9 Å². The molecule has 2 N–H and O–H groups in total. The summed E-state index contributed by atoms with van der Waals surface area (Å²) in [7, 11) is 0. The number of carboxylic acid groups (broad SMARTS) is 1. The van der Waals surface area contributed by atoms with Crippen molar-refractivity contribution in [2.24, 2.45) is 59.2 Å². The van der Waals surface area contributed by atoms with Gasteiger partial charge in [0.05, 0.1) is 41.2 Å². The molecule has 10 heteroatoms. The number of aliphatic hydroxyl groups excluding tert-OH is 1. The van der Waals surface area contributed by atoms with Crippen molar-refractivity contribution >= 4 is 23.8 Å². The molecule has 0 radical (unpaired) electrons. The van der Waals surface area contributed by atoms with Crippen LogP contribution in [-0.2, 0) is 38.1 Å². The summed E-state index contributed by atoms with van der Waals surface area (Å²) < 4.78 is 23.4. The highest BCUT2D eigenvalue weighted by atomic mass is 16.6. The van der Waals surface area contributed by atoms with Gasteiger partial charge in [-0.25, -0.2) is 4.79 Å². The average Bonchev–Trinajstić information content (AvgIpc) is 3.89. The number of hydrogen-bond acceptors (Lipinski definition) is 9. The predicted molar refractivity (Wildman–Crippen MR) is 269 cm³/mol. The number of carbonyl (C=O) groups is 4. The summed E-state index contributed by atoms with van der Waals surface area (Å²) in [5, 5.41) is 18.7. The molecule has 10 atom stereocenters. The number of rotatable bonds is 3. The van der Waals surface area contributed by atoms with Crippen LogP contribution in [-0.4, -0.2) is 86.5 Å². The van der Waals surface area contributed by atoms with Crippen molar-refractivity contribution in [3.63, 3.8) is 0 Å². The van der Waals surface area contributed by atoms with E-state index >= 15 is 0 Å². The van der Waals surface area contributed by atoms with Gasteiger partial charge in [-0.1, -0.05) is 49.3 Å². The zero-order valence-corrected chi connectivity index (χ0v) is 38.8. The smallest absolute Gasteiger partial charge is 0.336 e. The molecule has 17 aliphatic rings. The normalized spacial score (nSPS) is 48.7. The highest BCUT2D eigenvalue weighted by molar-refractivity contribution is 5.80. The van der Waals surface area contributed by atoms with E-state index < -0.39 is 11.6 Å². The van der Waals surface area contributed by atoms with Crippen LogP contribution in [0.25, 0.3) is 0 Å². The molecule has 7 heterocycles. The quantitative estimate of drug-likeness (QED) is 0.159. The number of carbonyl (C=O) groups excluding carboxylic acids is 3. The second-order valence-electron chi connectivity index (χ2n) is 25.7. The third-order valence-corrected chi connectivity index (χ3v) is 18.8. The maximum atomic E-state index is 11.3. The number of ketones is 2. The average molecular weight is 955 g/mol. The Morgan fingerprint density at radius 3 is 1.28 bits per heavy atom. The van der Waals surface area contributed by atoms with Gasteiger partial charge >= 0.3 is 5.97 Å². The number of epoxide rings is 1. The highest BCUT2D eigenvalue weighted by Gasteiger charge is 2.61. The topological polar surface area (TPSA) is 149 Å². The van der Waals surface area contributed by atoms with Gasteiger partial charge in [0.25, 0.3) is 0 Å². The molecule has 1 spiro atoms. The molecule has 0 aromatic heterocycles. The summed E-state index contributed by atoms with van der Waals surface area (Å²) >= 11 is 0. The third kappa shape index (κ3) is 11.8. The Hall–Kier alpha value is -1.98. The lowest BCUT2D eigenvalue weighted by Gasteiger charge is -2.60. The first-order chi connectivity index (χ1) is 29.8. The largest absolute Gasteiger partial charge is 0.479 e. The fourth-order valence-electron chi connectivity index (χ4n) is 18.2. The molecular weight excluding hydrogens is 857 g/mol. The van der Waals surface area contributed by atoms with Gasteiger partial charge in [-0.15, -0.1) is 0 Å². The summed E-state index contributed by atoms with van der Waals surface area (Å²) in [6.07, 6.45) is 28.1. The molecular formula is C58H98O10. The summed E-state index contributed by atoms with van der Waals surface area (Å²) in [6.45, 7) is 11.7. The fraction of sp³-hybridized carbons (Fsp3) is 0.897. The molecule has 7 aliphatic heterocycles. The molecule has 390 valence electrons. The third-order valence-electron chi connectivity index (χ3n) is 18.8. The molecule has 68 heavy (non-hydrogen) atoms. The Bertz CT molecular complexity index is 1730. The Balaban J connectivity index is 0.000000156. The van der Waals surface area contributed by atoms with Crippen molar-refractivity contribution in [2.75, 3.05) is 13.2 Å². The first kappa shape index (κ1) is 56.9. The lowest BCUT2D eigenvalue weighted by Crippen LogP contribution is -2.63. The van der Waals surface area contributed by atoms with Crippen molar-refractivity contribution in [1.29, 1.82) is 0 Å². The maximum Gasteiger partial charge on any atom is 0.336 e. The van der Waals surface area contributed by atoms with Crippen LogP contribution in [0.5, 0.6) is 0 Å². The number of fused-ring (bicyclic) bond motifs is 4. The molecule has 7 saturated heterocycles. The van der Waals surface area contributed by atoms with E-state index in [0.29, 0.717) is 47.1 Å². The van der Waals surface area contributed by atoms with E-state index in [0.717, 1.165) is 139 Å². The first-order valence-corrected chi connectivity index (χ1v) is 25.5. The van der Waals surface area contributed by atoms with Gasteiger partial charge in [0.15, 0.2) is 11.9 Å².